The number of carbonyl (C=O) groups is 3. The number of rotatable bonds is 5. The van der Waals surface area contributed by atoms with E-state index < -0.39 is 11.8 Å². The Labute approximate surface area is 138 Å². The molecule has 124 valence electrons. The van der Waals surface area contributed by atoms with Gasteiger partial charge in [-0.1, -0.05) is 17.8 Å². The molecule has 0 saturated carbocycles. The molecule has 0 atom stereocenters. The van der Waals surface area contributed by atoms with E-state index in [9.17, 15) is 14.4 Å². The highest BCUT2D eigenvalue weighted by atomic mass is 32.2. The van der Waals surface area contributed by atoms with E-state index in [0.29, 0.717) is 18.0 Å². The predicted molar refractivity (Wildman–Crippen MR) is 87.1 cm³/mol. The summed E-state index contributed by atoms with van der Waals surface area (Å²) in [6.07, 6.45) is 0. The van der Waals surface area contributed by atoms with Crippen LogP contribution in [0.4, 0.5) is 4.79 Å². The van der Waals surface area contributed by atoms with Crippen molar-refractivity contribution in [1.82, 2.24) is 15.8 Å². The largest absolute Gasteiger partial charge is 0.484 e. The summed E-state index contributed by atoms with van der Waals surface area (Å²) >= 11 is 1.18. The van der Waals surface area contributed by atoms with Crippen molar-refractivity contribution in [2.75, 3.05) is 25.4 Å². The second-order valence-electron chi connectivity index (χ2n) is 5.24. The lowest BCUT2D eigenvalue weighted by molar-refractivity contribution is -0.130. The Morgan fingerprint density at radius 3 is 2.43 bits per heavy atom. The van der Waals surface area contributed by atoms with Crippen LogP contribution in [0.1, 0.15) is 11.1 Å². The van der Waals surface area contributed by atoms with Crippen molar-refractivity contribution in [2.45, 2.75) is 13.8 Å². The summed E-state index contributed by atoms with van der Waals surface area (Å²) in [6.45, 7) is 4.16. The molecule has 8 heteroatoms. The Hall–Kier alpha value is -2.22. The number of thioether (sulfide) groups is 1. The van der Waals surface area contributed by atoms with Crippen LogP contribution in [0.3, 0.4) is 0 Å². The third kappa shape index (κ3) is 5.48. The Kier molecular flexibility index (Phi) is 5.86. The molecule has 1 aromatic rings. The highest BCUT2D eigenvalue weighted by Crippen LogP contribution is 2.16. The van der Waals surface area contributed by atoms with Crippen LogP contribution in [0, 0.1) is 13.8 Å². The van der Waals surface area contributed by atoms with Crippen molar-refractivity contribution in [2.24, 2.45) is 0 Å². The van der Waals surface area contributed by atoms with Gasteiger partial charge in [0.1, 0.15) is 12.3 Å². The number of benzene rings is 1. The van der Waals surface area contributed by atoms with Crippen LogP contribution in [0.25, 0.3) is 0 Å². The SMILES string of the molecule is Cc1cc(C)cc(OCC(=O)NNC(=O)CN2CCSC2=O)c1. The lowest BCUT2D eigenvalue weighted by Gasteiger charge is -2.14. The van der Waals surface area contributed by atoms with Crippen molar-refractivity contribution in [1.29, 1.82) is 0 Å². The summed E-state index contributed by atoms with van der Waals surface area (Å²) in [5.74, 6) is 0.367. The molecule has 1 aromatic carbocycles. The molecule has 0 unspecified atom stereocenters. The summed E-state index contributed by atoms with van der Waals surface area (Å²) in [4.78, 5) is 36.1. The molecule has 0 aliphatic carbocycles. The van der Waals surface area contributed by atoms with Gasteiger partial charge in [-0.05, 0) is 37.1 Å². The van der Waals surface area contributed by atoms with E-state index in [-0.39, 0.29) is 18.4 Å². The van der Waals surface area contributed by atoms with Gasteiger partial charge in [-0.3, -0.25) is 25.2 Å². The number of nitrogens with one attached hydrogen (secondary N) is 2. The summed E-state index contributed by atoms with van der Waals surface area (Å²) in [7, 11) is 0. The molecular weight excluding hydrogens is 318 g/mol. The number of nitrogens with zero attached hydrogens (tertiary/aromatic N) is 1. The smallest absolute Gasteiger partial charge is 0.282 e. The number of amides is 3. The average molecular weight is 337 g/mol. The monoisotopic (exact) mass is 337 g/mol. The Morgan fingerprint density at radius 2 is 1.83 bits per heavy atom. The van der Waals surface area contributed by atoms with E-state index in [1.807, 2.05) is 32.0 Å². The lowest BCUT2D eigenvalue weighted by atomic mass is 10.1. The Balaban J connectivity index is 1.70. The fraction of sp³-hybridized carbons (Fsp3) is 0.400. The van der Waals surface area contributed by atoms with Crippen LogP contribution < -0.4 is 15.6 Å². The summed E-state index contributed by atoms with van der Waals surface area (Å²) in [6, 6.07) is 5.66. The number of hydrazine groups is 1. The highest BCUT2D eigenvalue weighted by molar-refractivity contribution is 8.13. The van der Waals surface area contributed by atoms with Crippen molar-refractivity contribution >= 4 is 28.8 Å². The van der Waals surface area contributed by atoms with Crippen LogP contribution in [0.15, 0.2) is 18.2 Å². The zero-order chi connectivity index (χ0) is 16.8. The second kappa shape index (κ2) is 7.87. The molecule has 0 spiro atoms. The van der Waals surface area contributed by atoms with Gasteiger partial charge < -0.3 is 9.64 Å². The summed E-state index contributed by atoms with van der Waals surface area (Å²) in [5.41, 5.74) is 6.62. The number of carbonyl (C=O) groups excluding carboxylic acids is 3. The van der Waals surface area contributed by atoms with Crippen molar-refractivity contribution in [3.8, 4) is 5.75 Å². The topological polar surface area (TPSA) is 87.7 Å². The van der Waals surface area contributed by atoms with Gasteiger partial charge in [0.05, 0.1) is 0 Å². The minimum atomic E-state index is -0.473. The van der Waals surface area contributed by atoms with Gasteiger partial charge in [-0.15, -0.1) is 0 Å². The number of ether oxygens (including phenoxy) is 1. The zero-order valence-corrected chi connectivity index (χ0v) is 13.9. The summed E-state index contributed by atoms with van der Waals surface area (Å²) in [5, 5.41) is -0.121. The molecule has 2 N–H and O–H groups in total. The normalized spacial score (nSPS) is 13.8. The fourth-order valence-electron chi connectivity index (χ4n) is 2.12. The Bertz CT molecular complexity index is 600. The van der Waals surface area contributed by atoms with E-state index in [0.717, 1.165) is 11.1 Å². The molecule has 3 amide bonds. The standard InChI is InChI=1S/C15H19N3O4S/c1-10-5-11(2)7-12(6-10)22-9-14(20)17-16-13(19)8-18-3-4-23-15(18)21/h5-7H,3-4,8-9H2,1-2H3,(H,16,19)(H,17,20). The van der Waals surface area contributed by atoms with E-state index in [1.54, 1.807) is 0 Å². The molecule has 1 fully saturated rings. The van der Waals surface area contributed by atoms with E-state index in [2.05, 4.69) is 10.9 Å². The minimum absolute atomic E-state index is 0.0654. The van der Waals surface area contributed by atoms with Crippen molar-refractivity contribution in [3.05, 3.63) is 29.3 Å². The number of hydrogen-bond donors (Lipinski definition) is 2. The minimum Gasteiger partial charge on any atom is -0.484 e. The maximum atomic E-state index is 11.7. The third-order valence-electron chi connectivity index (χ3n) is 3.09. The first-order chi connectivity index (χ1) is 10.9. The molecular formula is C15H19N3O4S. The maximum Gasteiger partial charge on any atom is 0.282 e. The first-order valence-electron chi connectivity index (χ1n) is 7.14. The van der Waals surface area contributed by atoms with Crippen molar-refractivity contribution in [3.63, 3.8) is 0 Å². The molecule has 1 aliphatic rings. The van der Waals surface area contributed by atoms with Crippen LogP contribution >= 0.6 is 11.8 Å². The van der Waals surface area contributed by atoms with Crippen LogP contribution in [0.2, 0.25) is 0 Å². The quantitative estimate of drug-likeness (QED) is 0.783. The average Bonchev–Trinajstić information content (AvgIpc) is 2.87. The van der Waals surface area contributed by atoms with Gasteiger partial charge in [-0.25, -0.2) is 0 Å². The predicted octanol–water partition coefficient (Wildman–Crippen LogP) is 0.998. The second-order valence-corrected chi connectivity index (χ2v) is 6.29. The van der Waals surface area contributed by atoms with Gasteiger partial charge in [0, 0.05) is 12.3 Å². The number of hydrogen-bond acceptors (Lipinski definition) is 5. The van der Waals surface area contributed by atoms with E-state index in [4.69, 9.17) is 4.74 Å². The van der Waals surface area contributed by atoms with Gasteiger partial charge >= 0.3 is 0 Å². The van der Waals surface area contributed by atoms with E-state index >= 15 is 0 Å². The Morgan fingerprint density at radius 1 is 1.17 bits per heavy atom. The third-order valence-corrected chi connectivity index (χ3v) is 3.98. The van der Waals surface area contributed by atoms with Crippen LogP contribution in [-0.2, 0) is 9.59 Å². The molecule has 0 bridgehead atoms. The fourth-order valence-corrected chi connectivity index (χ4v) is 2.95. The van der Waals surface area contributed by atoms with Gasteiger partial charge in [0.25, 0.3) is 17.1 Å². The molecule has 1 aliphatic heterocycles. The first-order valence-corrected chi connectivity index (χ1v) is 8.13. The first kappa shape index (κ1) is 17.1. The van der Waals surface area contributed by atoms with Crippen LogP contribution in [0.5, 0.6) is 5.75 Å². The molecule has 0 radical (unpaired) electrons. The van der Waals surface area contributed by atoms with Crippen molar-refractivity contribution < 1.29 is 19.1 Å². The lowest BCUT2D eigenvalue weighted by Crippen LogP contribution is -2.47. The van der Waals surface area contributed by atoms with Gasteiger partial charge in [0.2, 0.25) is 0 Å². The molecule has 1 saturated heterocycles. The van der Waals surface area contributed by atoms with Crippen LogP contribution in [-0.4, -0.2) is 47.4 Å². The van der Waals surface area contributed by atoms with E-state index in [1.165, 1.54) is 16.7 Å². The number of aryl methyl sites for hydroxylation is 2. The molecule has 23 heavy (non-hydrogen) atoms. The van der Waals surface area contributed by atoms with Gasteiger partial charge in [0.15, 0.2) is 6.61 Å². The highest BCUT2D eigenvalue weighted by Gasteiger charge is 2.23. The maximum absolute atomic E-state index is 11.7. The molecule has 7 nitrogen and oxygen atoms in total. The molecule has 2 rings (SSSR count). The summed E-state index contributed by atoms with van der Waals surface area (Å²) < 4.78 is 5.38. The zero-order valence-electron chi connectivity index (χ0n) is 13.0. The molecule has 1 heterocycles. The molecule has 0 aromatic heterocycles. The van der Waals surface area contributed by atoms with Gasteiger partial charge in [-0.2, -0.15) is 0 Å².